The molecule has 2 aromatic carbocycles. The predicted octanol–water partition coefficient (Wildman–Crippen LogP) is -7.21. The fourth-order valence-corrected chi connectivity index (χ4v) is 6.23. The number of carboxylic acid groups (broad SMARTS) is 1. The molecule has 0 saturated carbocycles. The maximum absolute atomic E-state index is 13.9. The molecule has 0 aliphatic carbocycles. The number of carboxylic acids is 1. The van der Waals surface area contributed by atoms with E-state index in [1.165, 1.54) is 0 Å². The lowest BCUT2D eigenvalue weighted by molar-refractivity contribution is -0.355. The van der Waals surface area contributed by atoms with Crippen LogP contribution in [0.4, 0.5) is 0 Å². The minimum atomic E-state index is -1.85. The normalized spacial score (nSPS) is 14.2. The lowest BCUT2D eigenvalue weighted by Gasteiger charge is -2.27. The van der Waals surface area contributed by atoms with Gasteiger partial charge in [-0.2, -0.15) is 0 Å². The Morgan fingerprint density at radius 1 is 0.554 bits per heavy atom. The molecule has 352 valence electrons. The van der Waals surface area contributed by atoms with Gasteiger partial charge in [0.05, 0.1) is 26.2 Å². The standard InChI is InChI=1S/C40H53N11O14/c41-15-33(57)45-26(13-21-16-44-23-9-5-4-8-22(21)23)36(60)48-27(14-32(43)56)37(61)50-28(17-52)38(62)47-25(12-20-6-2-1-3-7-20)35(59)46-24(10-11-31(42)55)34(58)49-29(18-53)39(63)51-30(19-54)40(64)65/h1-9,16,24-30,44,52-54H,10-15,17-19,41H2,(H2,42,55)(H2,43,56)(H,45,57)(H,46,59)(H,47,62)(H,48,60)(H,49,58)(H,50,61)(H,51,63)(H,64,65)/p+1/t24-,25-,26-,27-,28-,29-,30-/m0/s1. The van der Waals surface area contributed by atoms with Crippen molar-refractivity contribution in [2.45, 2.75) is 74.4 Å². The summed E-state index contributed by atoms with van der Waals surface area (Å²) in [6.07, 6.45) is -0.478. The molecule has 0 unspecified atom stereocenters. The number of aromatic amines is 1. The molecule has 7 atom stereocenters. The van der Waals surface area contributed by atoms with Gasteiger partial charge in [0.2, 0.25) is 47.3 Å². The highest BCUT2D eigenvalue weighted by Crippen LogP contribution is 2.19. The monoisotopic (exact) mass is 912 g/mol. The Morgan fingerprint density at radius 2 is 1.02 bits per heavy atom. The first kappa shape index (κ1) is 51.9. The summed E-state index contributed by atoms with van der Waals surface area (Å²) in [4.78, 5) is 132. The number of carbonyl (C=O) groups excluding carboxylic acids is 9. The Hall–Kier alpha value is -7.48. The molecule has 0 aliphatic heterocycles. The Kier molecular flexibility index (Phi) is 20.4. The topological polar surface area (TPSA) is 431 Å². The molecule has 0 bridgehead atoms. The van der Waals surface area contributed by atoms with Crippen molar-refractivity contribution in [3.05, 3.63) is 71.9 Å². The fraction of sp³-hybridized carbons (Fsp3) is 0.400. The molecule has 19 N–H and O–H groups in total. The lowest BCUT2D eigenvalue weighted by atomic mass is 10.0. The van der Waals surface area contributed by atoms with E-state index >= 15 is 0 Å². The van der Waals surface area contributed by atoms with Crippen molar-refractivity contribution in [3.63, 3.8) is 0 Å². The van der Waals surface area contributed by atoms with Crippen LogP contribution in [0.15, 0.2) is 60.8 Å². The molecule has 65 heavy (non-hydrogen) atoms. The van der Waals surface area contributed by atoms with Crippen LogP contribution in [0.5, 0.6) is 0 Å². The molecule has 0 spiro atoms. The summed E-state index contributed by atoms with van der Waals surface area (Å²) in [5, 5.41) is 55.1. The van der Waals surface area contributed by atoms with Crippen LogP contribution in [0.25, 0.3) is 10.9 Å². The number of primary amides is 2. The van der Waals surface area contributed by atoms with Gasteiger partial charge in [-0.1, -0.05) is 48.5 Å². The third-order valence-corrected chi connectivity index (χ3v) is 9.67. The van der Waals surface area contributed by atoms with Crippen molar-refractivity contribution >= 4 is 70.0 Å². The minimum Gasteiger partial charge on any atom is -0.480 e. The molecule has 1 heterocycles. The highest BCUT2D eigenvalue weighted by molar-refractivity contribution is 5.99. The summed E-state index contributed by atoms with van der Waals surface area (Å²) in [6, 6.07) is 3.42. The van der Waals surface area contributed by atoms with E-state index in [-0.39, 0.29) is 19.4 Å². The average molecular weight is 913 g/mol. The van der Waals surface area contributed by atoms with Crippen LogP contribution in [-0.2, 0) is 60.8 Å². The quantitative estimate of drug-likeness (QED) is 0.0338. The SMILES string of the molecule is NC(=O)CC[C@H](NC(=O)[C@H](Cc1ccccc1)NC(=O)[C@H](CO)NC(=O)[C@H](CC(N)=O)NC(=O)[C@H](Cc1c[nH]c2ccccc12)NC(=O)C[NH3+])C(=O)N[C@@H](CO)C(=O)N[C@@H](CO)C(=O)O. The second-order valence-electron chi connectivity index (χ2n) is 14.6. The number of para-hydroxylation sites is 1. The van der Waals surface area contributed by atoms with Crippen molar-refractivity contribution in [2.75, 3.05) is 26.4 Å². The highest BCUT2D eigenvalue weighted by Gasteiger charge is 2.35. The molecule has 3 aromatic rings. The van der Waals surface area contributed by atoms with E-state index in [9.17, 15) is 63.3 Å². The first-order valence-corrected chi connectivity index (χ1v) is 20.0. The number of nitrogens with two attached hydrogens (primary N) is 2. The zero-order chi connectivity index (χ0) is 48.2. The van der Waals surface area contributed by atoms with E-state index in [0.717, 1.165) is 10.9 Å². The molecule has 9 amide bonds. The largest absolute Gasteiger partial charge is 0.480 e. The molecule has 0 saturated heterocycles. The van der Waals surface area contributed by atoms with E-state index < -0.39 is 141 Å². The van der Waals surface area contributed by atoms with Gasteiger partial charge >= 0.3 is 5.97 Å². The van der Waals surface area contributed by atoms with Gasteiger partial charge in [0.15, 0.2) is 6.54 Å². The maximum Gasteiger partial charge on any atom is 0.328 e. The number of hydrogen-bond donors (Lipinski definition) is 15. The van der Waals surface area contributed by atoms with Crippen molar-refractivity contribution in [3.8, 4) is 0 Å². The number of amides is 9. The smallest absolute Gasteiger partial charge is 0.328 e. The van der Waals surface area contributed by atoms with Gasteiger partial charge in [0.1, 0.15) is 42.3 Å². The number of fused-ring (bicyclic) bond motifs is 1. The van der Waals surface area contributed by atoms with Crippen LogP contribution >= 0.6 is 0 Å². The second kappa shape index (κ2) is 25.6. The van der Waals surface area contributed by atoms with Crippen LogP contribution in [0.3, 0.4) is 0 Å². The third kappa shape index (κ3) is 16.3. The van der Waals surface area contributed by atoms with Gasteiger partial charge in [0.25, 0.3) is 5.91 Å². The Labute approximate surface area is 370 Å². The zero-order valence-corrected chi connectivity index (χ0v) is 34.9. The summed E-state index contributed by atoms with van der Waals surface area (Å²) >= 11 is 0. The van der Waals surface area contributed by atoms with Gasteiger partial charge in [-0.25, -0.2) is 4.79 Å². The number of rotatable bonds is 27. The summed E-state index contributed by atoms with van der Waals surface area (Å²) in [6.45, 7) is -3.44. The van der Waals surface area contributed by atoms with Gasteiger partial charge < -0.3 is 79.8 Å². The molecule has 25 nitrogen and oxygen atoms in total. The number of carbonyl (C=O) groups is 10. The Morgan fingerprint density at radius 3 is 1.55 bits per heavy atom. The van der Waals surface area contributed by atoms with E-state index in [1.807, 2.05) is 5.32 Å². The van der Waals surface area contributed by atoms with Gasteiger partial charge in [0, 0.05) is 36.4 Å². The van der Waals surface area contributed by atoms with Crippen LogP contribution < -0.4 is 54.4 Å². The second-order valence-corrected chi connectivity index (χ2v) is 14.6. The van der Waals surface area contributed by atoms with Crippen LogP contribution in [0.2, 0.25) is 0 Å². The van der Waals surface area contributed by atoms with Crippen molar-refractivity contribution < 1.29 is 74.1 Å². The number of quaternary nitrogens is 1. The van der Waals surface area contributed by atoms with Crippen molar-refractivity contribution in [2.24, 2.45) is 11.5 Å². The molecular weight excluding hydrogens is 859 g/mol. The molecule has 1 aromatic heterocycles. The maximum atomic E-state index is 13.9. The summed E-state index contributed by atoms with van der Waals surface area (Å²) in [7, 11) is 0. The third-order valence-electron chi connectivity index (χ3n) is 9.67. The molecule has 3 rings (SSSR count). The van der Waals surface area contributed by atoms with E-state index in [1.54, 1.807) is 60.8 Å². The van der Waals surface area contributed by atoms with E-state index in [0.29, 0.717) is 11.1 Å². The number of hydrogen-bond acceptors (Lipinski definition) is 13. The van der Waals surface area contributed by atoms with E-state index in [4.69, 9.17) is 16.6 Å². The number of aromatic nitrogens is 1. The predicted molar refractivity (Wildman–Crippen MR) is 225 cm³/mol. The first-order chi connectivity index (χ1) is 30.9. The first-order valence-electron chi connectivity index (χ1n) is 20.0. The number of nitrogens with one attached hydrogen (secondary N) is 8. The van der Waals surface area contributed by atoms with Gasteiger partial charge in [-0.15, -0.1) is 0 Å². The number of benzene rings is 2. The van der Waals surface area contributed by atoms with Crippen molar-refractivity contribution in [1.82, 2.24) is 42.2 Å². The molecule has 25 heteroatoms. The number of aliphatic hydroxyl groups is 3. The van der Waals surface area contributed by atoms with Gasteiger partial charge in [-0.3, -0.25) is 43.2 Å². The number of aliphatic hydroxyl groups excluding tert-OH is 3. The summed E-state index contributed by atoms with van der Waals surface area (Å²) in [5.41, 5.74) is 16.0. The summed E-state index contributed by atoms with van der Waals surface area (Å²) < 4.78 is 0. The van der Waals surface area contributed by atoms with Crippen LogP contribution in [0.1, 0.15) is 30.4 Å². The molecule has 0 aliphatic rings. The fourth-order valence-electron chi connectivity index (χ4n) is 6.23. The molecule has 0 fully saturated rings. The number of aliphatic carboxylic acids is 1. The lowest BCUT2D eigenvalue weighted by Crippen LogP contribution is -2.62. The minimum absolute atomic E-state index is 0.0702. The average Bonchev–Trinajstić information content (AvgIpc) is 3.68. The van der Waals surface area contributed by atoms with Crippen LogP contribution in [-0.4, -0.2) is 153 Å². The Balaban J connectivity index is 1.84. The highest BCUT2D eigenvalue weighted by atomic mass is 16.4. The van der Waals surface area contributed by atoms with Gasteiger partial charge in [-0.05, 0) is 23.6 Å². The van der Waals surface area contributed by atoms with Crippen molar-refractivity contribution in [1.29, 1.82) is 0 Å². The zero-order valence-electron chi connectivity index (χ0n) is 34.9. The van der Waals surface area contributed by atoms with Crippen LogP contribution in [0, 0.1) is 0 Å². The number of H-pyrrole nitrogens is 1. The molecule has 0 radical (unpaired) electrons. The van der Waals surface area contributed by atoms with E-state index in [2.05, 4.69) is 42.6 Å². The summed E-state index contributed by atoms with van der Waals surface area (Å²) in [5.74, 6) is -10.9. The Bertz CT molecular complexity index is 2190. The molecular formula is C40H54N11O14+.